The summed E-state index contributed by atoms with van der Waals surface area (Å²) in [7, 11) is 0. The minimum absolute atomic E-state index is 0.0366. The van der Waals surface area contributed by atoms with E-state index in [9.17, 15) is 19.2 Å². The third kappa shape index (κ3) is 4.85. The Balaban J connectivity index is 1.50. The van der Waals surface area contributed by atoms with Crippen molar-refractivity contribution in [2.45, 2.75) is 31.1 Å². The second-order valence-electron chi connectivity index (χ2n) is 7.99. The van der Waals surface area contributed by atoms with Gasteiger partial charge in [0.05, 0.1) is 11.4 Å². The molecule has 0 radical (unpaired) electrons. The topological polar surface area (TPSA) is 86.8 Å². The van der Waals surface area contributed by atoms with Crippen LogP contribution in [-0.2, 0) is 9.59 Å². The maximum atomic E-state index is 12.9. The number of likely N-dealkylation sites (tertiary alicyclic amines) is 1. The van der Waals surface area contributed by atoms with Gasteiger partial charge in [0.25, 0.3) is 5.91 Å². The molecule has 3 amide bonds. The van der Waals surface area contributed by atoms with Crippen molar-refractivity contribution in [2.24, 2.45) is 0 Å². The smallest absolute Gasteiger partial charge is 0.253 e. The van der Waals surface area contributed by atoms with Crippen LogP contribution in [-0.4, -0.2) is 53.8 Å². The van der Waals surface area contributed by atoms with E-state index in [1.165, 1.54) is 23.6 Å². The van der Waals surface area contributed by atoms with E-state index in [0.717, 1.165) is 37.2 Å². The van der Waals surface area contributed by atoms with Crippen molar-refractivity contribution in [1.29, 1.82) is 0 Å². The summed E-state index contributed by atoms with van der Waals surface area (Å²) < 4.78 is 0. The molecule has 4 rings (SSSR count). The first-order valence-corrected chi connectivity index (χ1v) is 11.7. The first-order chi connectivity index (χ1) is 15.4. The van der Waals surface area contributed by atoms with E-state index < -0.39 is 0 Å². The molecule has 2 aliphatic heterocycles. The number of thioether (sulfide) groups is 1. The van der Waals surface area contributed by atoms with Gasteiger partial charge in [0.1, 0.15) is 6.54 Å². The molecule has 0 aliphatic carbocycles. The van der Waals surface area contributed by atoms with E-state index in [2.05, 4.69) is 5.32 Å². The Bertz CT molecular complexity index is 1060. The standard InChI is InChI=1S/C24H25N3O4S/c1-16(28)17-5-8-19(9-6-17)25-22(29)14-27-20-13-18(7-10-21(20)32-15-23(27)30)24(31)26-11-3-2-4-12-26/h5-10,13H,2-4,11-12,14-15H2,1H3,(H,25,29). The molecular formula is C24H25N3O4S. The molecule has 0 aromatic heterocycles. The number of amides is 3. The zero-order valence-corrected chi connectivity index (χ0v) is 18.7. The number of ketones is 1. The molecule has 7 nitrogen and oxygen atoms in total. The predicted octanol–water partition coefficient (Wildman–Crippen LogP) is 3.59. The molecule has 2 aromatic carbocycles. The van der Waals surface area contributed by atoms with Crippen molar-refractivity contribution in [1.82, 2.24) is 4.90 Å². The third-order valence-corrected chi connectivity index (χ3v) is 6.72. The summed E-state index contributed by atoms with van der Waals surface area (Å²) in [6.45, 7) is 2.83. The van der Waals surface area contributed by atoms with Crippen LogP contribution in [0.3, 0.4) is 0 Å². The third-order valence-electron chi connectivity index (χ3n) is 5.67. The Hall–Kier alpha value is -3.13. The molecule has 32 heavy (non-hydrogen) atoms. The van der Waals surface area contributed by atoms with E-state index in [0.29, 0.717) is 22.5 Å². The van der Waals surface area contributed by atoms with Crippen molar-refractivity contribution in [3.05, 3.63) is 53.6 Å². The van der Waals surface area contributed by atoms with Gasteiger partial charge in [0.2, 0.25) is 11.8 Å². The van der Waals surface area contributed by atoms with Crippen molar-refractivity contribution in [3.8, 4) is 0 Å². The molecule has 1 saturated heterocycles. The molecule has 2 aromatic rings. The number of piperidine rings is 1. The lowest BCUT2D eigenvalue weighted by molar-refractivity contribution is -0.120. The second kappa shape index (κ2) is 9.56. The van der Waals surface area contributed by atoms with Crippen LogP contribution >= 0.6 is 11.8 Å². The zero-order chi connectivity index (χ0) is 22.7. The molecule has 1 fully saturated rings. The summed E-state index contributed by atoms with van der Waals surface area (Å²) >= 11 is 1.41. The van der Waals surface area contributed by atoms with Gasteiger partial charge in [-0.05, 0) is 68.7 Å². The number of fused-ring (bicyclic) bond motifs is 1. The van der Waals surface area contributed by atoms with Crippen molar-refractivity contribution in [3.63, 3.8) is 0 Å². The first-order valence-electron chi connectivity index (χ1n) is 10.7. The van der Waals surface area contributed by atoms with Crippen molar-refractivity contribution >= 4 is 46.6 Å². The van der Waals surface area contributed by atoms with E-state index >= 15 is 0 Å². The van der Waals surface area contributed by atoms with Gasteiger partial charge in [-0.15, -0.1) is 11.8 Å². The fourth-order valence-electron chi connectivity index (χ4n) is 3.92. The lowest BCUT2D eigenvalue weighted by Crippen LogP contribution is -2.41. The summed E-state index contributed by atoms with van der Waals surface area (Å²) in [6.07, 6.45) is 3.15. The van der Waals surface area contributed by atoms with E-state index in [1.54, 1.807) is 36.4 Å². The van der Waals surface area contributed by atoms with Gasteiger partial charge in [0, 0.05) is 34.8 Å². The molecule has 0 atom stereocenters. The Morgan fingerprint density at radius 2 is 1.66 bits per heavy atom. The summed E-state index contributed by atoms with van der Waals surface area (Å²) in [5.41, 5.74) is 2.24. The highest BCUT2D eigenvalue weighted by molar-refractivity contribution is 8.00. The summed E-state index contributed by atoms with van der Waals surface area (Å²) in [6, 6.07) is 12.0. The normalized spacial score (nSPS) is 15.8. The maximum Gasteiger partial charge on any atom is 0.253 e. The average molecular weight is 452 g/mol. The van der Waals surface area contributed by atoms with Crippen LogP contribution in [0.2, 0.25) is 0 Å². The number of Topliss-reactive ketones (excluding diaryl/α,β-unsaturated/α-hetero) is 1. The van der Waals surface area contributed by atoms with E-state index in [-0.39, 0.29) is 35.8 Å². The van der Waals surface area contributed by atoms with Crippen LogP contribution in [0.15, 0.2) is 47.4 Å². The van der Waals surface area contributed by atoms with Crippen LogP contribution in [0.5, 0.6) is 0 Å². The van der Waals surface area contributed by atoms with Crippen LogP contribution in [0.25, 0.3) is 0 Å². The molecule has 0 unspecified atom stereocenters. The SMILES string of the molecule is CC(=O)c1ccc(NC(=O)CN2C(=O)CSc3ccc(C(=O)N4CCCCC4)cc32)cc1. The second-order valence-corrected chi connectivity index (χ2v) is 9.00. The van der Waals surface area contributed by atoms with Gasteiger partial charge in [-0.2, -0.15) is 0 Å². The number of nitrogens with one attached hydrogen (secondary N) is 1. The Morgan fingerprint density at radius 1 is 0.969 bits per heavy atom. The fourth-order valence-corrected chi connectivity index (χ4v) is 4.84. The minimum Gasteiger partial charge on any atom is -0.339 e. The number of anilines is 2. The van der Waals surface area contributed by atoms with Gasteiger partial charge in [0.15, 0.2) is 5.78 Å². The van der Waals surface area contributed by atoms with Gasteiger partial charge in [-0.1, -0.05) is 0 Å². The molecule has 8 heteroatoms. The lowest BCUT2D eigenvalue weighted by atomic mass is 10.1. The van der Waals surface area contributed by atoms with Gasteiger partial charge in [-0.25, -0.2) is 0 Å². The molecule has 2 heterocycles. The number of benzene rings is 2. The highest BCUT2D eigenvalue weighted by atomic mass is 32.2. The van der Waals surface area contributed by atoms with Crippen LogP contribution in [0.4, 0.5) is 11.4 Å². The van der Waals surface area contributed by atoms with Crippen LogP contribution < -0.4 is 10.2 Å². The van der Waals surface area contributed by atoms with E-state index in [1.807, 2.05) is 11.0 Å². The minimum atomic E-state index is -0.348. The molecule has 0 saturated carbocycles. The number of carbonyl (C=O) groups is 4. The molecule has 0 spiro atoms. The lowest BCUT2D eigenvalue weighted by Gasteiger charge is -2.30. The molecular weight excluding hydrogens is 426 g/mol. The van der Waals surface area contributed by atoms with Crippen LogP contribution in [0, 0.1) is 0 Å². The quantitative estimate of drug-likeness (QED) is 0.702. The number of nitrogens with zero attached hydrogens (tertiary/aromatic N) is 2. The number of rotatable bonds is 5. The summed E-state index contributed by atoms with van der Waals surface area (Å²) in [5.74, 6) is -0.365. The molecule has 1 N–H and O–H groups in total. The first kappa shape index (κ1) is 22.1. The zero-order valence-electron chi connectivity index (χ0n) is 17.9. The molecule has 166 valence electrons. The fraction of sp³-hybridized carbons (Fsp3) is 0.333. The molecule has 0 bridgehead atoms. The highest BCUT2D eigenvalue weighted by Gasteiger charge is 2.28. The average Bonchev–Trinajstić information content (AvgIpc) is 2.81. The monoisotopic (exact) mass is 451 g/mol. The Labute approximate surface area is 191 Å². The van der Waals surface area contributed by atoms with Crippen molar-refractivity contribution < 1.29 is 19.2 Å². The van der Waals surface area contributed by atoms with Gasteiger partial charge in [-0.3, -0.25) is 19.2 Å². The number of hydrogen-bond donors (Lipinski definition) is 1. The summed E-state index contributed by atoms with van der Waals surface area (Å²) in [5, 5.41) is 2.77. The van der Waals surface area contributed by atoms with Crippen molar-refractivity contribution in [2.75, 3.05) is 35.6 Å². The molecule has 2 aliphatic rings. The highest BCUT2D eigenvalue weighted by Crippen LogP contribution is 2.36. The Morgan fingerprint density at radius 3 is 2.34 bits per heavy atom. The maximum absolute atomic E-state index is 12.9. The van der Waals surface area contributed by atoms with Gasteiger partial charge >= 0.3 is 0 Å². The van der Waals surface area contributed by atoms with Gasteiger partial charge < -0.3 is 15.1 Å². The van der Waals surface area contributed by atoms with E-state index in [4.69, 9.17) is 0 Å². The Kier molecular flexibility index (Phi) is 6.60. The summed E-state index contributed by atoms with van der Waals surface area (Å²) in [4.78, 5) is 53.8. The predicted molar refractivity (Wildman–Crippen MR) is 124 cm³/mol. The largest absolute Gasteiger partial charge is 0.339 e. The van der Waals surface area contributed by atoms with Crippen LogP contribution in [0.1, 0.15) is 46.9 Å². The number of hydrogen-bond acceptors (Lipinski definition) is 5. The number of carbonyl (C=O) groups excluding carboxylic acids is 4.